The highest BCUT2D eigenvalue weighted by molar-refractivity contribution is 6.32. The first-order valence-corrected chi connectivity index (χ1v) is 28.0. The number of pyridine rings is 1. The number of hydrogen-bond donors (Lipinski definition) is 5. The topological polar surface area (TPSA) is 256 Å². The minimum absolute atomic E-state index is 0.00535. The fourth-order valence-electron chi connectivity index (χ4n) is 12.5. The number of allylic oxidation sites excluding steroid dienone is 4. The molecule has 10 rings (SSSR count). The summed E-state index contributed by atoms with van der Waals surface area (Å²) in [7, 11) is 2.86. The molecule has 7 aliphatic rings. The molecule has 0 radical (unpaired) electrons. The number of amides is 1. The first-order valence-electron chi connectivity index (χ1n) is 28.0. The molecule has 2 aliphatic carbocycles. The van der Waals surface area contributed by atoms with Crippen molar-refractivity contribution in [3.63, 3.8) is 0 Å². The Kier molecular flexibility index (Phi) is 16.7. The number of carbonyl (C=O) groups is 5. The van der Waals surface area contributed by atoms with Crippen molar-refractivity contribution >= 4 is 51.6 Å². The van der Waals surface area contributed by atoms with Gasteiger partial charge in [-0.1, -0.05) is 52.5 Å². The van der Waals surface area contributed by atoms with E-state index in [0.717, 1.165) is 12.8 Å². The van der Waals surface area contributed by atoms with Crippen LogP contribution in [0.15, 0.2) is 71.2 Å². The first kappa shape index (κ1) is 59.3. The standard InChI is InChI=1S/C61H74FN5O15/c1-29-13-12-14-30(2)60(77)63-46-49(65-20-17-37(18-21-65)64-22-24-66(25-23-64)48-41(62)27-39-47(58(48)79-11)67(38-15-16-38)28-40(35(7)68)53(39)73)55(75)43-44(54(46)74)52(72)34(6)57-45(43)59(76)61(9,82-57)80-26-19-42(78-10)31(3)56(81-36(8)69)33(5)51(71)32(4)50(29)70/h12-14,19,26-29,31-33,37-38,42,50-51,56,68,70-72H,7,15-18,20-25H2,1-6,8-11H3,(H,63,77)/b13-12+,26-19+,30-14-/t29-,31+,32+,33+,42-,50-,51+,56+,61-/m0/s1. The average molecular weight is 1140 g/mol. The molecule has 3 aromatic rings. The van der Waals surface area contributed by atoms with Crippen LogP contribution in [0.5, 0.6) is 17.2 Å². The third-order valence-corrected chi connectivity index (χ3v) is 17.5. The Labute approximate surface area is 475 Å². The number of aromatic hydroxyl groups is 1. The fourth-order valence-corrected chi connectivity index (χ4v) is 12.5. The number of carbonyl (C=O) groups excluding carboxylic acids is 5. The molecule has 5 aliphatic heterocycles. The van der Waals surface area contributed by atoms with E-state index in [9.17, 15) is 39.6 Å². The number of halogens is 1. The van der Waals surface area contributed by atoms with Crippen LogP contribution in [-0.2, 0) is 23.8 Å². The number of methoxy groups -OCH3 is 2. The lowest BCUT2D eigenvalue weighted by Crippen LogP contribution is -2.54. The summed E-state index contributed by atoms with van der Waals surface area (Å²) in [5.74, 6) is -10.4. The molecule has 0 unspecified atom stereocenters. The summed E-state index contributed by atoms with van der Waals surface area (Å²) in [5, 5.41) is 48.1. The van der Waals surface area contributed by atoms with Crippen molar-refractivity contribution in [2.45, 2.75) is 123 Å². The van der Waals surface area contributed by atoms with E-state index in [0.29, 0.717) is 44.5 Å². The Balaban J connectivity index is 1.02. The molecular formula is C61H74FN5O15. The Morgan fingerprint density at radius 1 is 0.854 bits per heavy atom. The highest BCUT2D eigenvalue weighted by Gasteiger charge is 2.53. The molecular weight excluding hydrogens is 1060 g/mol. The van der Waals surface area contributed by atoms with E-state index in [-0.39, 0.29) is 75.7 Å². The molecule has 5 bridgehead atoms. The molecule has 1 aromatic heterocycles. The number of Topliss-reactive ketones (excluding diaryl/α,β-unsaturated/α-hetero) is 3. The molecule has 20 nitrogen and oxygen atoms in total. The summed E-state index contributed by atoms with van der Waals surface area (Å²) < 4.78 is 48.0. The number of fused-ring (bicyclic) bond motifs is 15. The van der Waals surface area contributed by atoms with Gasteiger partial charge >= 0.3 is 11.8 Å². The summed E-state index contributed by atoms with van der Waals surface area (Å²) in [6.07, 6.45) is 7.47. The minimum atomic E-state index is -2.15. The normalized spacial score (nSPS) is 29.5. The number of aliphatic hydroxyl groups is 3. The number of piperazine rings is 1. The van der Waals surface area contributed by atoms with Gasteiger partial charge in [0.25, 0.3) is 11.7 Å². The predicted molar refractivity (Wildman–Crippen MR) is 301 cm³/mol. The van der Waals surface area contributed by atoms with Crippen LogP contribution in [0.2, 0.25) is 0 Å². The average Bonchev–Trinajstić information content (AvgIpc) is 2.59. The van der Waals surface area contributed by atoms with Crippen LogP contribution in [0.3, 0.4) is 0 Å². The number of esters is 1. The van der Waals surface area contributed by atoms with Crippen LogP contribution < -0.4 is 25.1 Å². The van der Waals surface area contributed by atoms with E-state index in [4.69, 9.17) is 23.7 Å². The van der Waals surface area contributed by atoms with Crippen molar-refractivity contribution in [1.29, 1.82) is 0 Å². The number of phenols is 1. The second-order valence-electron chi connectivity index (χ2n) is 22.8. The van der Waals surface area contributed by atoms with Crippen molar-refractivity contribution in [3.8, 4) is 17.2 Å². The van der Waals surface area contributed by atoms with E-state index >= 15 is 14.0 Å². The van der Waals surface area contributed by atoms with Crippen LogP contribution in [0, 0.1) is 36.4 Å². The smallest absolute Gasteiger partial charge is 0.312 e. The molecule has 3 fully saturated rings. The second kappa shape index (κ2) is 23.1. The van der Waals surface area contributed by atoms with Crippen LogP contribution in [0.4, 0.5) is 10.1 Å². The Bertz CT molecular complexity index is 3330. The van der Waals surface area contributed by atoms with E-state index in [2.05, 4.69) is 16.8 Å². The third-order valence-electron chi connectivity index (χ3n) is 17.5. The van der Waals surface area contributed by atoms with E-state index in [1.165, 1.54) is 66.4 Å². The number of hydrogen-bond acceptors (Lipinski definition) is 18. The van der Waals surface area contributed by atoms with Crippen molar-refractivity contribution in [1.82, 2.24) is 19.7 Å². The molecule has 440 valence electrons. The lowest BCUT2D eigenvalue weighted by molar-refractivity contribution is -0.160. The second-order valence-corrected chi connectivity index (χ2v) is 22.8. The van der Waals surface area contributed by atoms with Gasteiger partial charge in [-0.15, -0.1) is 0 Å². The summed E-state index contributed by atoms with van der Waals surface area (Å²) >= 11 is 0. The Hall–Kier alpha value is -7.33. The van der Waals surface area contributed by atoms with Crippen molar-refractivity contribution in [2.24, 2.45) is 23.7 Å². The van der Waals surface area contributed by atoms with Crippen molar-refractivity contribution < 1.29 is 72.5 Å². The highest BCUT2D eigenvalue weighted by Crippen LogP contribution is 2.50. The molecule has 2 aromatic carbocycles. The van der Waals surface area contributed by atoms with Crippen LogP contribution in [0.1, 0.15) is 122 Å². The van der Waals surface area contributed by atoms with Crippen molar-refractivity contribution in [3.05, 3.63) is 110 Å². The number of piperidine rings is 1. The van der Waals surface area contributed by atoms with Crippen LogP contribution >= 0.6 is 0 Å². The molecule has 2 saturated heterocycles. The number of ketones is 3. The van der Waals surface area contributed by atoms with E-state index in [1.54, 1.807) is 50.9 Å². The lowest BCUT2D eigenvalue weighted by atomic mass is 9.78. The molecule has 1 amide bonds. The number of ether oxygens (including phenoxy) is 5. The summed E-state index contributed by atoms with van der Waals surface area (Å²) in [6, 6.07) is 1.22. The maximum atomic E-state index is 16.3. The number of aromatic nitrogens is 1. The van der Waals surface area contributed by atoms with Gasteiger partial charge in [-0.2, -0.15) is 0 Å². The molecule has 0 spiro atoms. The number of aliphatic hydroxyl groups excluding tert-OH is 3. The van der Waals surface area contributed by atoms with Gasteiger partial charge in [-0.05, 0) is 51.7 Å². The van der Waals surface area contributed by atoms with Gasteiger partial charge in [0.15, 0.2) is 11.6 Å². The molecule has 5 N–H and O–H groups in total. The Morgan fingerprint density at radius 2 is 1.52 bits per heavy atom. The zero-order chi connectivity index (χ0) is 59.5. The SMILES string of the molecule is C=C(O)c1cn(C2CC2)c2c(OC)c(N3CCN(C4CCN(C5=C6NC(=O)/C(C)=C\C=C\[C@H](C)[C@H](O)[C@@H](C)[C@@H](O)[C@@H](C)[C@H](OC(C)=O)[C@H](C)[C@@H](OC)/C=C/O[C@@]7(C)Oc8c(C)c(O)c(c(c8C7=O)C5=O)C6=O)CC4)CC3)c(F)cc2c1=O. The van der Waals surface area contributed by atoms with Gasteiger partial charge in [0.1, 0.15) is 40.4 Å². The largest absolute Gasteiger partial charge is 0.508 e. The Morgan fingerprint density at radius 3 is 2.13 bits per heavy atom. The third kappa shape index (κ3) is 10.6. The van der Waals surface area contributed by atoms with E-state index < -0.39 is 123 Å². The predicted octanol–water partition coefficient (Wildman–Crippen LogP) is 6.57. The maximum absolute atomic E-state index is 16.3. The summed E-state index contributed by atoms with van der Waals surface area (Å²) in [5.41, 5.74) is -1.58. The number of likely N-dealkylation sites (tertiary alicyclic amines) is 1. The van der Waals surface area contributed by atoms with Crippen molar-refractivity contribution in [2.75, 3.05) is 58.4 Å². The monoisotopic (exact) mass is 1140 g/mol. The fraction of sp³-hybridized carbons (Fsp3) is 0.508. The minimum Gasteiger partial charge on any atom is -0.508 e. The van der Waals surface area contributed by atoms with Gasteiger partial charge in [-0.3, -0.25) is 33.7 Å². The quantitative estimate of drug-likeness (QED) is 0.118. The molecule has 1 saturated carbocycles. The molecule has 82 heavy (non-hydrogen) atoms. The zero-order valence-corrected chi connectivity index (χ0v) is 48.0. The number of nitrogens with one attached hydrogen (secondary N) is 1. The molecule has 21 heteroatoms. The number of benzene rings is 2. The van der Waals surface area contributed by atoms with Gasteiger partial charge in [-0.25, -0.2) is 4.39 Å². The number of phenolic OH excluding ortho intramolecular Hbond substituents is 1. The number of anilines is 1. The van der Waals surface area contributed by atoms with Crippen LogP contribution in [-0.4, -0.2) is 154 Å². The molecule has 9 atom stereocenters. The first-order chi connectivity index (χ1) is 38.8. The number of nitrogens with zero attached hydrogens (tertiary/aromatic N) is 4. The van der Waals surface area contributed by atoms with Gasteiger partial charge in [0.05, 0.1) is 64.8 Å². The van der Waals surface area contributed by atoms with Gasteiger partial charge in [0, 0.05) is 113 Å². The maximum Gasteiger partial charge on any atom is 0.312 e. The highest BCUT2D eigenvalue weighted by atomic mass is 19.1. The van der Waals surface area contributed by atoms with Gasteiger partial charge in [0.2, 0.25) is 17.0 Å². The lowest BCUT2D eigenvalue weighted by Gasteiger charge is -2.44. The number of rotatable bonds is 8. The summed E-state index contributed by atoms with van der Waals surface area (Å²) in [6.45, 7) is 18.2. The van der Waals surface area contributed by atoms with Crippen LogP contribution in [0.25, 0.3) is 16.7 Å². The summed E-state index contributed by atoms with van der Waals surface area (Å²) in [4.78, 5) is 91.4. The zero-order valence-electron chi connectivity index (χ0n) is 48.0. The van der Waals surface area contributed by atoms with E-state index in [1.807, 2.05) is 9.47 Å². The molecule has 6 heterocycles. The van der Waals surface area contributed by atoms with Gasteiger partial charge < -0.3 is 63.8 Å².